The number of likely N-dealkylation sites (tertiary alicyclic amines) is 1. The van der Waals surface area contributed by atoms with Crippen LogP contribution in [0.1, 0.15) is 78.6 Å². The summed E-state index contributed by atoms with van der Waals surface area (Å²) in [6.45, 7) is 14.3. The molecule has 0 radical (unpaired) electrons. The number of para-hydroxylation sites is 1. The molecule has 0 N–H and O–H groups in total. The normalized spacial score (nSPS) is 17.9. The molecule has 3 aromatic carbocycles. The fraction of sp³-hybridized carbons (Fsp3) is 0.421. The van der Waals surface area contributed by atoms with Crippen molar-refractivity contribution in [2.24, 2.45) is 16.8 Å². The molecule has 2 aliphatic rings. The van der Waals surface area contributed by atoms with Gasteiger partial charge >= 0.3 is 0 Å². The zero-order valence-corrected chi connectivity index (χ0v) is 26.8. The highest BCUT2D eigenvalue weighted by atomic mass is 19.3. The molecule has 238 valence electrons. The van der Waals surface area contributed by atoms with Crippen LogP contribution in [0.4, 0.5) is 18.9 Å². The molecular formula is C38H44F3N3O. The number of benzene rings is 3. The molecule has 1 unspecified atom stereocenters. The van der Waals surface area contributed by atoms with Crippen LogP contribution in [0.2, 0.25) is 0 Å². The van der Waals surface area contributed by atoms with Gasteiger partial charge in [0.1, 0.15) is 5.82 Å². The minimum Gasteiger partial charge on any atom is -0.345 e. The summed E-state index contributed by atoms with van der Waals surface area (Å²) < 4.78 is 41.5. The SMILES string of the molecule is C=C(C1CCN(C(=O)c2ccc(C(=NC(C)CC)c3cccc(F)c3)c(C)c2)CC1)N(CC1CC(F)(F)C1)c1ccccc1C. The Hall–Kier alpha value is -3.87. The second-order valence-electron chi connectivity index (χ2n) is 12.9. The third kappa shape index (κ3) is 7.51. The smallest absolute Gasteiger partial charge is 0.253 e. The molecule has 7 heteroatoms. The number of rotatable bonds is 10. The van der Waals surface area contributed by atoms with Crippen LogP contribution in [0.5, 0.6) is 0 Å². The number of amides is 1. The molecule has 1 saturated carbocycles. The van der Waals surface area contributed by atoms with Gasteiger partial charge in [0, 0.05) is 72.5 Å². The lowest BCUT2D eigenvalue weighted by Gasteiger charge is -2.42. The van der Waals surface area contributed by atoms with Gasteiger partial charge in [-0.05, 0) is 87.4 Å². The van der Waals surface area contributed by atoms with E-state index in [9.17, 15) is 18.0 Å². The predicted octanol–water partition coefficient (Wildman–Crippen LogP) is 9.00. The van der Waals surface area contributed by atoms with Crippen LogP contribution >= 0.6 is 0 Å². The number of aliphatic imine (C=N–C) groups is 1. The average molecular weight is 616 g/mol. The van der Waals surface area contributed by atoms with Crippen molar-refractivity contribution >= 4 is 17.3 Å². The van der Waals surface area contributed by atoms with Gasteiger partial charge < -0.3 is 9.80 Å². The van der Waals surface area contributed by atoms with E-state index in [2.05, 4.69) is 18.4 Å². The van der Waals surface area contributed by atoms with Crippen molar-refractivity contribution in [2.45, 2.75) is 71.8 Å². The van der Waals surface area contributed by atoms with Gasteiger partial charge in [-0.25, -0.2) is 13.2 Å². The van der Waals surface area contributed by atoms with Crippen LogP contribution in [0.25, 0.3) is 0 Å². The standard InChI is InChI=1S/C38H44F3N3O/c1-6-27(4)42-36(31-11-9-12-33(39)21-31)34-15-14-32(20-26(34)3)37(45)43-18-16-30(17-19-43)28(5)44(24-29-22-38(40,41)23-29)35-13-8-7-10-25(35)2/h7-15,20-21,27,29-30H,5-6,16-19,22-24H2,1-4H3. The first kappa shape index (κ1) is 32.5. The number of carbonyl (C=O) groups excluding carboxylic acids is 1. The highest BCUT2D eigenvalue weighted by molar-refractivity contribution is 6.14. The molecular weight excluding hydrogens is 571 g/mol. The van der Waals surface area contributed by atoms with Crippen molar-refractivity contribution in [1.29, 1.82) is 0 Å². The van der Waals surface area contributed by atoms with E-state index in [0.29, 0.717) is 30.8 Å². The molecule has 0 aromatic heterocycles. The maximum absolute atomic E-state index is 14.1. The van der Waals surface area contributed by atoms with Crippen molar-refractivity contribution in [3.05, 3.63) is 113 Å². The van der Waals surface area contributed by atoms with E-state index in [4.69, 9.17) is 4.99 Å². The Bertz CT molecular complexity index is 1570. The molecule has 1 aliphatic carbocycles. The number of carbonyl (C=O) groups is 1. The summed E-state index contributed by atoms with van der Waals surface area (Å²) in [6.07, 6.45) is 2.21. The van der Waals surface area contributed by atoms with Crippen LogP contribution in [0.3, 0.4) is 0 Å². The van der Waals surface area contributed by atoms with Gasteiger partial charge in [0.25, 0.3) is 5.91 Å². The van der Waals surface area contributed by atoms with E-state index in [-0.39, 0.29) is 42.4 Å². The number of nitrogens with zero attached hydrogens (tertiary/aromatic N) is 3. The quantitative estimate of drug-likeness (QED) is 0.214. The van der Waals surface area contributed by atoms with Crippen molar-refractivity contribution in [2.75, 3.05) is 24.5 Å². The minimum absolute atomic E-state index is 0.0210. The lowest BCUT2D eigenvalue weighted by Crippen LogP contribution is -2.45. The number of anilines is 1. The minimum atomic E-state index is -2.56. The number of allylic oxidation sites excluding steroid dienone is 1. The monoisotopic (exact) mass is 615 g/mol. The third-order valence-corrected chi connectivity index (χ3v) is 9.39. The van der Waals surface area contributed by atoms with Crippen LogP contribution in [0.15, 0.2) is 84.0 Å². The Kier molecular flexibility index (Phi) is 9.85. The van der Waals surface area contributed by atoms with Gasteiger partial charge in [-0.3, -0.25) is 9.79 Å². The van der Waals surface area contributed by atoms with Crippen molar-refractivity contribution in [3.8, 4) is 0 Å². The lowest BCUT2D eigenvalue weighted by atomic mass is 9.80. The summed E-state index contributed by atoms with van der Waals surface area (Å²) in [5.74, 6) is -2.81. The summed E-state index contributed by atoms with van der Waals surface area (Å²) in [7, 11) is 0. The number of aryl methyl sites for hydroxylation is 2. The Balaban J connectivity index is 1.28. The Morgan fingerprint density at radius 2 is 1.71 bits per heavy atom. The molecule has 1 amide bonds. The van der Waals surface area contributed by atoms with Crippen molar-refractivity contribution in [3.63, 3.8) is 0 Å². The summed E-state index contributed by atoms with van der Waals surface area (Å²) in [5, 5.41) is 0. The van der Waals surface area contributed by atoms with E-state index < -0.39 is 5.92 Å². The fourth-order valence-electron chi connectivity index (χ4n) is 6.54. The van der Waals surface area contributed by atoms with Gasteiger partial charge in [-0.15, -0.1) is 0 Å². The molecule has 1 heterocycles. The molecule has 1 saturated heterocycles. The maximum Gasteiger partial charge on any atom is 0.253 e. The number of piperidine rings is 1. The van der Waals surface area contributed by atoms with Gasteiger partial charge in [0.2, 0.25) is 5.92 Å². The lowest BCUT2D eigenvalue weighted by molar-refractivity contribution is -0.107. The number of hydrogen-bond acceptors (Lipinski definition) is 3. The van der Waals surface area contributed by atoms with Crippen molar-refractivity contribution in [1.82, 2.24) is 4.90 Å². The van der Waals surface area contributed by atoms with Gasteiger partial charge in [0.15, 0.2) is 0 Å². The van der Waals surface area contributed by atoms with Gasteiger partial charge in [-0.2, -0.15) is 0 Å². The van der Waals surface area contributed by atoms with Gasteiger partial charge in [-0.1, -0.05) is 49.9 Å². The molecule has 0 bridgehead atoms. The predicted molar refractivity (Wildman–Crippen MR) is 177 cm³/mol. The second-order valence-corrected chi connectivity index (χ2v) is 12.9. The van der Waals surface area contributed by atoms with Crippen LogP contribution < -0.4 is 4.90 Å². The van der Waals surface area contributed by atoms with Gasteiger partial charge in [0.05, 0.1) is 5.71 Å². The highest BCUT2D eigenvalue weighted by Gasteiger charge is 2.46. The summed E-state index contributed by atoms with van der Waals surface area (Å²) in [4.78, 5) is 22.6. The van der Waals surface area contributed by atoms with Crippen LogP contribution in [-0.4, -0.2) is 48.1 Å². The van der Waals surface area contributed by atoms with Crippen molar-refractivity contribution < 1.29 is 18.0 Å². The van der Waals surface area contributed by atoms with E-state index in [1.165, 1.54) is 12.1 Å². The first-order valence-electron chi connectivity index (χ1n) is 16.1. The molecule has 1 atom stereocenters. The summed E-state index contributed by atoms with van der Waals surface area (Å²) in [5.41, 5.74) is 6.89. The van der Waals surface area contributed by atoms with E-state index >= 15 is 0 Å². The number of hydrogen-bond donors (Lipinski definition) is 0. The first-order chi connectivity index (χ1) is 21.5. The van der Waals surface area contributed by atoms with E-state index in [1.807, 2.05) is 74.2 Å². The maximum atomic E-state index is 14.1. The van der Waals surface area contributed by atoms with Crippen LogP contribution in [0, 0.1) is 31.5 Å². The Morgan fingerprint density at radius 1 is 1.00 bits per heavy atom. The van der Waals surface area contributed by atoms with E-state index in [1.54, 1.807) is 6.07 Å². The Morgan fingerprint density at radius 3 is 2.33 bits per heavy atom. The molecule has 4 nitrogen and oxygen atoms in total. The number of alkyl halides is 2. The molecule has 1 aliphatic heterocycles. The second kappa shape index (κ2) is 13.6. The summed E-state index contributed by atoms with van der Waals surface area (Å²) >= 11 is 0. The molecule has 3 aromatic rings. The zero-order valence-electron chi connectivity index (χ0n) is 26.8. The number of halogens is 3. The molecule has 5 rings (SSSR count). The van der Waals surface area contributed by atoms with Crippen LogP contribution in [-0.2, 0) is 0 Å². The largest absolute Gasteiger partial charge is 0.345 e. The third-order valence-electron chi connectivity index (χ3n) is 9.39. The first-order valence-corrected chi connectivity index (χ1v) is 16.1. The topological polar surface area (TPSA) is 35.9 Å². The van der Waals surface area contributed by atoms with E-state index in [0.717, 1.165) is 53.0 Å². The molecule has 2 fully saturated rings. The zero-order chi connectivity index (χ0) is 32.3. The molecule has 45 heavy (non-hydrogen) atoms. The average Bonchev–Trinajstić information content (AvgIpc) is 3.01. The fourth-order valence-corrected chi connectivity index (χ4v) is 6.54. The molecule has 0 spiro atoms. The Labute approximate surface area is 265 Å². The highest BCUT2D eigenvalue weighted by Crippen LogP contribution is 2.44. The summed E-state index contributed by atoms with van der Waals surface area (Å²) in [6, 6.07) is 20.2.